The lowest BCUT2D eigenvalue weighted by molar-refractivity contribution is -0.387. The van der Waals surface area contributed by atoms with Gasteiger partial charge in [0, 0.05) is 11.8 Å². The summed E-state index contributed by atoms with van der Waals surface area (Å²) < 4.78 is 30.1. The third-order valence-corrected chi connectivity index (χ3v) is 2.29. The predicted molar refractivity (Wildman–Crippen MR) is 56.3 cm³/mol. The maximum atomic E-state index is 12.9. The third-order valence-electron chi connectivity index (χ3n) is 2.29. The Morgan fingerprint density at radius 3 is 2.67 bits per heavy atom. The van der Waals surface area contributed by atoms with Gasteiger partial charge in [-0.15, -0.1) is 0 Å². The number of esters is 1. The van der Waals surface area contributed by atoms with Crippen molar-refractivity contribution in [1.29, 1.82) is 0 Å². The van der Waals surface area contributed by atoms with Crippen molar-refractivity contribution in [3.05, 3.63) is 33.1 Å². The molecule has 0 aliphatic carbocycles. The number of methoxy groups -OCH3 is 1. The summed E-state index contributed by atoms with van der Waals surface area (Å²) in [5.74, 6) is -0.789. The molecule has 0 unspecified atom stereocenters. The number of rotatable bonds is 4. The summed E-state index contributed by atoms with van der Waals surface area (Å²) in [6.07, 6.45) is -2.53. The van der Waals surface area contributed by atoms with Gasteiger partial charge in [-0.1, -0.05) is 0 Å². The van der Waals surface area contributed by atoms with Gasteiger partial charge in [-0.05, 0) is 6.92 Å². The van der Waals surface area contributed by atoms with Crippen molar-refractivity contribution in [2.45, 2.75) is 19.8 Å². The summed E-state index contributed by atoms with van der Waals surface area (Å²) in [6, 6.07) is 0. The van der Waals surface area contributed by atoms with Crippen molar-refractivity contribution in [2.24, 2.45) is 0 Å². The van der Waals surface area contributed by atoms with E-state index in [2.05, 4.69) is 9.72 Å². The lowest BCUT2D eigenvalue weighted by Crippen LogP contribution is -2.12. The van der Waals surface area contributed by atoms with Crippen LogP contribution in [0.25, 0.3) is 0 Å². The monoisotopic (exact) mass is 260 g/mol. The van der Waals surface area contributed by atoms with Crippen molar-refractivity contribution < 1.29 is 23.2 Å². The smallest absolute Gasteiger partial charge is 0.311 e. The van der Waals surface area contributed by atoms with Crippen molar-refractivity contribution in [3.8, 4) is 0 Å². The Morgan fingerprint density at radius 1 is 1.61 bits per heavy atom. The van der Waals surface area contributed by atoms with Crippen LogP contribution < -0.4 is 0 Å². The third kappa shape index (κ3) is 2.76. The molecule has 18 heavy (non-hydrogen) atoms. The minimum Gasteiger partial charge on any atom is -0.469 e. The molecule has 98 valence electrons. The predicted octanol–water partition coefficient (Wildman–Crippen LogP) is 1.95. The zero-order chi connectivity index (χ0) is 13.9. The summed E-state index contributed by atoms with van der Waals surface area (Å²) >= 11 is 0. The molecule has 0 N–H and O–H groups in total. The quantitative estimate of drug-likeness (QED) is 0.469. The van der Waals surface area contributed by atoms with Crippen LogP contribution in [0.2, 0.25) is 0 Å². The number of nitrogens with zero attached hydrogens (tertiary/aromatic N) is 2. The number of aryl methyl sites for hydroxylation is 1. The second-order valence-corrected chi connectivity index (χ2v) is 3.46. The molecule has 0 amide bonds. The molecule has 0 atom stereocenters. The largest absolute Gasteiger partial charge is 0.469 e. The number of ether oxygens (including phenoxy) is 1. The molecule has 0 aliphatic heterocycles. The van der Waals surface area contributed by atoms with Crippen molar-refractivity contribution in [3.63, 3.8) is 0 Å². The van der Waals surface area contributed by atoms with Gasteiger partial charge in [0.1, 0.15) is 5.56 Å². The van der Waals surface area contributed by atoms with E-state index in [1.165, 1.54) is 6.92 Å². The summed E-state index contributed by atoms with van der Waals surface area (Å²) in [6.45, 7) is 1.30. The molecule has 1 aromatic rings. The number of alkyl halides is 2. The second kappa shape index (κ2) is 5.48. The van der Waals surface area contributed by atoms with Crippen LogP contribution in [0.4, 0.5) is 14.5 Å². The van der Waals surface area contributed by atoms with Gasteiger partial charge < -0.3 is 4.74 Å². The number of nitro groups is 1. The molecular formula is C10H10F2N2O4. The van der Waals surface area contributed by atoms with E-state index in [1.807, 2.05) is 0 Å². The summed E-state index contributed by atoms with van der Waals surface area (Å²) in [5, 5.41) is 10.8. The van der Waals surface area contributed by atoms with Crippen LogP contribution >= 0.6 is 0 Å². The number of pyridine rings is 1. The maximum absolute atomic E-state index is 12.9. The average Bonchev–Trinajstić information content (AvgIpc) is 2.29. The van der Waals surface area contributed by atoms with Crippen LogP contribution in [-0.4, -0.2) is 23.0 Å². The van der Waals surface area contributed by atoms with E-state index in [9.17, 15) is 23.7 Å². The number of hydrogen-bond acceptors (Lipinski definition) is 5. The first-order valence-corrected chi connectivity index (χ1v) is 4.86. The van der Waals surface area contributed by atoms with E-state index in [0.29, 0.717) is 0 Å². The van der Waals surface area contributed by atoms with Crippen LogP contribution in [-0.2, 0) is 16.0 Å². The van der Waals surface area contributed by atoms with Crippen LogP contribution in [0.5, 0.6) is 0 Å². The summed E-state index contributed by atoms with van der Waals surface area (Å²) in [7, 11) is 1.09. The van der Waals surface area contributed by atoms with E-state index in [-0.39, 0.29) is 11.3 Å². The molecule has 0 fully saturated rings. The van der Waals surface area contributed by atoms with E-state index in [4.69, 9.17) is 0 Å². The van der Waals surface area contributed by atoms with Gasteiger partial charge in [0.05, 0.1) is 24.1 Å². The van der Waals surface area contributed by atoms with Gasteiger partial charge >= 0.3 is 5.97 Å². The summed E-state index contributed by atoms with van der Waals surface area (Å²) in [5.41, 5.74) is -1.86. The van der Waals surface area contributed by atoms with Crippen LogP contribution in [0.3, 0.4) is 0 Å². The van der Waals surface area contributed by atoms with Crippen LogP contribution in [0.1, 0.15) is 23.2 Å². The highest BCUT2D eigenvalue weighted by atomic mass is 19.3. The van der Waals surface area contributed by atoms with Crippen LogP contribution in [0, 0.1) is 17.0 Å². The van der Waals surface area contributed by atoms with E-state index >= 15 is 0 Å². The van der Waals surface area contributed by atoms with E-state index in [0.717, 1.165) is 13.3 Å². The minimum atomic E-state index is -3.09. The standard InChI is InChI=1S/C10H10F2N2O4/c1-5-4-13-6(3-7(15)18-2)8(10(11)12)9(5)14(16)17/h4,10H,3H2,1-2H3. The fourth-order valence-corrected chi connectivity index (χ4v) is 1.48. The van der Waals surface area contributed by atoms with Crippen LogP contribution in [0.15, 0.2) is 6.20 Å². The molecule has 0 radical (unpaired) electrons. The zero-order valence-corrected chi connectivity index (χ0v) is 9.65. The zero-order valence-electron chi connectivity index (χ0n) is 9.65. The van der Waals surface area contributed by atoms with Gasteiger partial charge in [-0.3, -0.25) is 19.9 Å². The van der Waals surface area contributed by atoms with E-state index in [1.54, 1.807) is 0 Å². The normalized spacial score (nSPS) is 10.5. The molecule has 0 bridgehead atoms. The lowest BCUT2D eigenvalue weighted by atomic mass is 10.1. The first-order valence-electron chi connectivity index (χ1n) is 4.86. The molecular weight excluding hydrogens is 250 g/mol. The van der Waals surface area contributed by atoms with Crippen molar-refractivity contribution >= 4 is 11.7 Å². The first-order chi connectivity index (χ1) is 8.38. The van der Waals surface area contributed by atoms with Gasteiger partial charge in [-0.2, -0.15) is 0 Å². The molecule has 1 rings (SSSR count). The Hall–Kier alpha value is -2.12. The molecule has 1 aromatic heterocycles. The van der Waals surface area contributed by atoms with Gasteiger partial charge in [0.25, 0.3) is 12.1 Å². The molecule has 0 saturated heterocycles. The number of hydrogen-bond donors (Lipinski definition) is 0. The number of carbonyl (C=O) groups is 1. The molecule has 6 nitrogen and oxygen atoms in total. The molecule has 0 aliphatic rings. The SMILES string of the molecule is COC(=O)Cc1ncc(C)c([N+](=O)[O-])c1C(F)F. The molecule has 8 heteroatoms. The number of halogens is 2. The second-order valence-electron chi connectivity index (χ2n) is 3.46. The minimum absolute atomic E-state index is 0.0175. The first kappa shape index (κ1) is 13.9. The topological polar surface area (TPSA) is 82.3 Å². The number of aromatic nitrogens is 1. The van der Waals surface area contributed by atoms with Gasteiger partial charge in [0.2, 0.25) is 0 Å². The fraction of sp³-hybridized carbons (Fsp3) is 0.400. The van der Waals surface area contributed by atoms with Crippen molar-refractivity contribution in [1.82, 2.24) is 4.98 Å². The highest BCUT2D eigenvalue weighted by Crippen LogP contribution is 2.33. The number of carbonyl (C=O) groups excluding carboxylic acids is 1. The van der Waals surface area contributed by atoms with Gasteiger partial charge in [0.15, 0.2) is 0 Å². The Kier molecular flexibility index (Phi) is 4.24. The summed E-state index contributed by atoms with van der Waals surface area (Å²) in [4.78, 5) is 24.6. The molecule has 0 aromatic carbocycles. The highest BCUT2D eigenvalue weighted by Gasteiger charge is 2.29. The molecule has 0 spiro atoms. The van der Waals surface area contributed by atoms with E-state index < -0.39 is 35.0 Å². The Morgan fingerprint density at radius 2 is 2.22 bits per heavy atom. The average molecular weight is 260 g/mol. The maximum Gasteiger partial charge on any atom is 0.311 e. The van der Waals surface area contributed by atoms with Crippen molar-refractivity contribution in [2.75, 3.05) is 7.11 Å². The molecule has 1 heterocycles. The Bertz CT molecular complexity index is 491. The van der Waals surface area contributed by atoms with Gasteiger partial charge in [-0.25, -0.2) is 8.78 Å². The Balaban J connectivity index is 3.39. The highest BCUT2D eigenvalue weighted by molar-refractivity contribution is 5.73. The Labute approximate surface area is 101 Å². The lowest BCUT2D eigenvalue weighted by Gasteiger charge is -2.09. The molecule has 0 saturated carbocycles. The fourth-order valence-electron chi connectivity index (χ4n) is 1.48.